The normalized spacial score (nSPS) is 19.6. The highest BCUT2D eigenvalue weighted by molar-refractivity contribution is 8.39. The smallest absolute Gasteiger partial charge is 0.341 e. The molecule has 0 radical (unpaired) electrons. The number of hydrogen-bond donors (Lipinski definition) is 1. The lowest BCUT2D eigenvalue weighted by Gasteiger charge is -2.18. The van der Waals surface area contributed by atoms with Crippen molar-refractivity contribution in [3.05, 3.63) is 16.0 Å². The average molecular weight is 385 g/mol. The molecule has 0 saturated carbocycles. The summed E-state index contributed by atoms with van der Waals surface area (Å²) in [6.45, 7) is 3.05. The summed E-state index contributed by atoms with van der Waals surface area (Å²) in [5, 5.41) is 3.55. The van der Waals surface area contributed by atoms with E-state index in [4.69, 9.17) is 4.74 Å². The van der Waals surface area contributed by atoms with E-state index in [1.807, 2.05) is 0 Å². The van der Waals surface area contributed by atoms with Crippen LogP contribution in [0.15, 0.2) is 4.99 Å². The van der Waals surface area contributed by atoms with Crippen molar-refractivity contribution in [2.45, 2.75) is 26.2 Å². The molecule has 1 amide bonds. The Labute approximate surface area is 154 Å². The minimum absolute atomic E-state index is 0.105. The standard InChI is InChI=1S/C16H20N2O3S3/c1-9-3-4-10-11(7-9)24-14(13(10)15(20)21-2)18-12(19)8-23-16-17-5-6-22-16/h9H,3-8H2,1-2H3,(H,18,19). The molecular formula is C16H20N2O3S3. The first-order valence-electron chi connectivity index (χ1n) is 7.91. The molecule has 0 fully saturated rings. The lowest BCUT2D eigenvalue weighted by atomic mass is 9.88. The van der Waals surface area contributed by atoms with Crippen LogP contribution in [0, 0.1) is 5.92 Å². The maximum absolute atomic E-state index is 12.3. The van der Waals surface area contributed by atoms with E-state index in [9.17, 15) is 9.59 Å². The van der Waals surface area contributed by atoms with Crippen LogP contribution < -0.4 is 5.32 Å². The molecule has 2 heterocycles. The van der Waals surface area contributed by atoms with E-state index in [1.54, 1.807) is 11.8 Å². The van der Waals surface area contributed by atoms with Crippen molar-refractivity contribution in [2.24, 2.45) is 10.9 Å². The van der Waals surface area contributed by atoms with Crippen LogP contribution in [0.1, 0.15) is 34.1 Å². The summed E-state index contributed by atoms with van der Waals surface area (Å²) in [5.74, 6) is 1.45. The Hall–Kier alpha value is -0.990. The Morgan fingerprint density at radius 3 is 3.00 bits per heavy atom. The third kappa shape index (κ3) is 3.97. The van der Waals surface area contributed by atoms with E-state index < -0.39 is 0 Å². The maximum atomic E-state index is 12.3. The second kappa shape index (κ2) is 7.93. The number of carbonyl (C=O) groups is 2. The maximum Gasteiger partial charge on any atom is 0.341 e. The lowest BCUT2D eigenvalue weighted by Crippen LogP contribution is -2.17. The molecule has 0 bridgehead atoms. The number of methoxy groups -OCH3 is 1. The van der Waals surface area contributed by atoms with Gasteiger partial charge in [-0.3, -0.25) is 9.79 Å². The van der Waals surface area contributed by atoms with Gasteiger partial charge in [-0.1, -0.05) is 30.4 Å². The monoisotopic (exact) mass is 384 g/mol. The van der Waals surface area contributed by atoms with Crippen LogP contribution in [0.25, 0.3) is 0 Å². The minimum Gasteiger partial charge on any atom is -0.465 e. The fourth-order valence-corrected chi connectivity index (χ4v) is 6.07. The molecule has 1 atom stereocenters. The van der Waals surface area contributed by atoms with Gasteiger partial charge in [0.15, 0.2) is 0 Å². The van der Waals surface area contributed by atoms with E-state index in [0.717, 1.165) is 41.5 Å². The van der Waals surface area contributed by atoms with Gasteiger partial charge < -0.3 is 10.1 Å². The summed E-state index contributed by atoms with van der Waals surface area (Å²) in [6, 6.07) is 0. The van der Waals surface area contributed by atoms with Crippen molar-refractivity contribution >= 4 is 56.1 Å². The van der Waals surface area contributed by atoms with Crippen LogP contribution in [0.5, 0.6) is 0 Å². The van der Waals surface area contributed by atoms with Crippen molar-refractivity contribution in [2.75, 3.05) is 30.5 Å². The summed E-state index contributed by atoms with van der Waals surface area (Å²) in [5.41, 5.74) is 1.61. The summed E-state index contributed by atoms with van der Waals surface area (Å²) in [6.07, 6.45) is 2.89. The molecule has 0 aromatic carbocycles. The largest absolute Gasteiger partial charge is 0.465 e. The van der Waals surface area contributed by atoms with Gasteiger partial charge in [-0.15, -0.1) is 11.3 Å². The number of aliphatic imine (C=N–C) groups is 1. The number of thiophene rings is 1. The van der Waals surface area contributed by atoms with Crippen LogP contribution >= 0.6 is 34.9 Å². The van der Waals surface area contributed by atoms with Gasteiger partial charge in [-0.05, 0) is 30.7 Å². The number of nitrogens with one attached hydrogen (secondary N) is 1. The zero-order valence-electron chi connectivity index (χ0n) is 13.7. The van der Waals surface area contributed by atoms with Gasteiger partial charge in [-0.2, -0.15) is 0 Å². The second-order valence-electron chi connectivity index (χ2n) is 5.88. The van der Waals surface area contributed by atoms with Crippen molar-refractivity contribution < 1.29 is 14.3 Å². The SMILES string of the molecule is COC(=O)c1c(NC(=O)CSC2=NCCS2)sc2c1CCC(C)C2. The number of ether oxygens (including phenoxy) is 1. The van der Waals surface area contributed by atoms with Crippen molar-refractivity contribution in [1.82, 2.24) is 0 Å². The third-order valence-electron chi connectivity index (χ3n) is 4.04. The van der Waals surface area contributed by atoms with Crippen LogP contribution in [-0.2, 0) is 22.4 Å². The molecule has 5 nitrogen and oxygen atoms in total. The number of nitrogens with zero attached hydrogens (tertiary/aromatic N) is 1. The van der Waals surface area contributed by atoms with E-state index in [1.165, 1.54) is 35.1 Å². The number of anilines is 1. The van der Waals surface area contributed by atoms with Crippen LogP contribution in [0.3, 0.4) is 0 Å². The first kappa shape index (κ1) is 17.8. The van der Waals surface area contributed by atoms with Crippen molar-refractivity contribution in [3.8, 4) is 0 Å². The molecule has 2 aliphatic rings. The van der Waals surface area contributed by atoms with Crippen LogP contribution in [-0.4, -0.2) is 41.4 Å². The topological polar surface area (TPSA) is 67.8 Å². The molecule has 1 unspecified atom stereocenters. The highest BCUT2D eigenvalue weighted by Gasteiger charge is 2.28. The van der Waals surface area contributed by atoms with Crippen molar-refractivity contribution in [1.29, 1.82) is 0 Å². The molecule has 3 rings (SSSR count). The molecule has 1 aliphatic carbocycles. The van der Waals surface area contributed by atoms with Crippen molar-refractivity contribution in [3.63, 3.8) is 0 Å². The Kier molecular flexibility index (Phi) is 5.89. The number of carbonyl (C=O) groups excluding carboxylic acids is 2. The second-order valence-corrected chi connectivity index (χ2v) is 9.29. The Balaban J connectivity index is 1.74. The van der Waals surface area contributed by atoms with Crippen LogP contribution in [0.4, 0.5) is 5.00 Å². The molecule has 0 saturated heterocycles. The fraction of sp³-hybridized carbons (Fsp3) is 0.562. The Bertz CT molecular complexity index is 684. The number of hydrogen-bond acceptors (Lipinski definition) is 7. The number of amides is 1. The molecule has 0 spiro atoms. The number of esters is 1. The number of rotatable bonds is 4. The van der Waals surface area contributed by atoms with E-state index in [2.05, 4.69) is 17.2 Å². The Morgan fingerprint density at radius 2 is 2.29 bits per heavy atom. The zero-order valence-corrected chi connectivity index (χ0v) is 16.2. The van der Waals surface area contributed by atoms with Gasteiger partial charge in [0.1, 0.15) is 9.38 Å². The first-order chi connectivity index (χ1) is 11.6. The molecular weight excluding hydrogens is 364 g/mol. The van der Waals surface area contributed by atoms with E-state index in [-0.39, 0.29) is 11.9 Å². The molecule has 1 aliphatic heterocycles. The molecule has 8 heteroatoms. The van der Waals surface area contributed by atoms with E-state index in [0.29, 0.717) is 22.2 Å². The molecule has 130 valence electrons. The molecule has 1 aromatic rings. The van der Waals surface area contributed by atoms with E-state index >= 15 is 0 Å². The quantitative estimate of drug-likeness (QED) is 0.806. The zero-order chi connectivity index (χ0) is 17.1. The predicted octanol–water partition coefficient (Wildman–Crippen LogP) is 3.43. The summed E-state index contributed by atoms with van der Waals surface area (Å²) < 4.78 is 5.91. The minimum atomic E-state index is -0.360. The highest BCUT2D eigenvalue weighted by atomic mass is 32.2. The summed E-state index contributed by atoms with van der Waals surface area (Å²) in [7, 11) is 1.38. The fourth-order valence-electron chi connectivity index (χ4n) is 2.85. The number of thioether (sulfide) groups is 2. The van der Waals surface area contributed by atoms with Crippen LogP contribution in [0.2, 0.25) is 0 Å². The first-order valence-corrected chi connectivity index (χ1v) is 10.7. The lowest BCUT2D eigenvalue weighted by molar-refractivity contribution is -0.113. The van der Waals surface area contributed by atoms with Gasteiger partial charge >= 0.3 is 5.97 Å². The summed E-state index contributed by atoms with van der Waals surface area (Å²) >= 11 is 4.66. The third-order valence-corrected chi connectivity index (χ3v) is 7.46. The predicted molar refractivity (Wildman–Crippen MR) is 103 cm³/mol. The molecule has 1 aromatic heterocycles. The van der Waals surface area contributed by atoms with Gasteiger partial charge in [0.05, 0.1) is 25.0 Å². The van der Waals surface area contributed by atoms with Gasteiger partial charge in [-0.25, -0.2) is 4.79 Å². The van der Waals surface area contributed by atoms with Gasteiger partial charge in [0, 0.05) is 10.6 Å². The highest BCUT2D eigenvalue weighted by Crippen LogP contribution is 2.40. The average Bonchev–Trinajstić information content (AvgIpc) is 3.19. The molecule has 1 N–H and O–H groups in total. The van der Waals surface area contributed by atoms with Gasteiger partial charge in [0.2, 0.25) is 5.91 Å². The molecule has 24 heavy (non-hydrogen) atoms. The number of fused-ring (bicyclic) bond motifs is 1. The summed E-state index contributed by atoms with van der Waals surface area (Å²) in [4.78, 5) is 30.0. The Morgan fingerprint density at radius 1 is 1.46 bits per heavy atom. The van der Waals surface area contributed by atoms with Gasteiger partial charge in [0.25, 0.3) is 0 Å².